The van der Waals surface area contributed by atoms with E-state index in [2.05, 4.69) is 82.3 Å². The van der Waals surface area contributed by atoms with Crippen LogP contribution in [0.2, 0.25) is 0 Å². The first-order chi connectivity index (χ1) is 15.6. The summed E-state index contributed by atoms with van der Waals surface area (Å²) in [4.78, 5) is 6.92. The maximum atomic E-state index is 5.94. The van der Waals surface area contributed by atoms with E-state index in [9.17, 15) is 0 Å². The van der Waals surface area contributed by atoms with Crippen LogP contribution in [-0.4, -0.2) is 27.4 Å². The molecule has 1 aromatic carbocycles. The lowest BCUT2D eigenvalue weighted by Crippen LogP contribution is -2.31. The van der Waals surface area contributed by atoms with Gasteiger partial charge in [0.05, 0.1) is 17.8 Å². The van der Waals surface area contributed by atoms with Crippen molar-refractivity contribution >= 4 is 23.0 Å². The number of anilines is 1. The van der Waals surface area contributed by atoms with Crippen molar-refractivity contribution in [1.82, 2.24) is 14.9 Å². The molecule has 2 aliphatic heterocycles. The average molecular weight is 447 g/mol. The van der Waals surface area contributed by atoms with Crippen molar-refractivity contribution in [3.05, 3.63) is 83.9 Å². The third kappa shape index (κ3) is 4.05. The third-order valence-corrected chi connectivity index (χ3v) is 6.84. The Balaban J connectivity index is 1.55. The molecule has 6 heteroatoms. The maximum absolute atomic E-state index is 5.94. The Morgan fingerprint density at radius 2 is 1.97 bits per heavy atom. The van der Waals surface area contributed by atoms with E-state index >= 15 is 0 Å². The zero-order valence-electron chi connectivity index (χ0n) is 18.6. The number of thiocarbonyl (C=S) groups is 1. The summed E-state index contributed by atoms with van der Waals surface area (Å²) in [5, 5.41) is 4.30. The number of ether oxygens (including phenoxy) is 1. The minimum atomic E-state index is -0.0355. The van der Waals surface area contributed by atoms with Crippen molar-refractivity contribution in [3.63, 3.8) is 0 Å². The molecule has 0 unspecified atom stereocenters. The Morgan fingerprint density at radius 3 is 2.66 bits per heavy atom. The van der Waals surface area contributed by atoms with E-state index in [0.717, 1.165) is 42.5 Å². The molecule has 2 aliphatic rings. The fourth-order valence-corrected chi connectivity index (χ4v) is 5.17. The van der Waals surface area contributed by atoms with Crippen LogP contribution in [0.25, 0.3) is 0 Å². The van der Waals surface area contributed by atoms with Crippen LogP contribution in [0, 0.1) is 0 Å². The number of nitrogens with one attached hydrogen (secondary N) is 1. The van der Waals surface area contributed by atoms with Crippen molar-refractivity contribution in [1.29, 1.82) is 0 Å². The molecule has 3 aromatic rings. The third-order valence-electron chi connectivity index (χ3n) is 6.53. The highest BCUT2D eigenvalue weighted by atomic mass is 32.1. The Hall–Kier alpha value is -2.70. The van der Waals surface area contributed by atoms with Gasteiger partial charge in [0.15, 0.2) is 5.11 Å². The van der Waals surface area contributed by atoms with Gasteiger partial charge in [0.1, 0.15) is 6.04 Å². The quantitative estimate of drug-likeness (QED) is 0.516. The molecule has 0 bridgehead atoms. The predicted octanol–water partition coefficient (Wildman–Crippen LogP) is 5.36. The van der Waals surface area contributed by atoms with Gasteiger partial charge < -0.3 is 19.5 Å². The van der Waals surface area contributed by atoms with Crippen molar-refractivity contribution < 1.29 is 4.74 Å². The van der Waals surface area contributed by atoms with Gasteiger partial charge in [-0.3, -0.25) is 4.98 Å². The van der Waals surface area contributed by atoms with Gasteiger partial charge in [-0.15, -0.1) is 0 Å². The average Bonchev–Trinajstić information content (AvgIpc) is 3.55. The molecular weight excluding hydrogens is 416 g/mol. The monoisotopic (exact) mass is 446 g/mol. The molecule has 3 atom stereocenters. The summed E-state index contributed by atoms with van der Waals surface area (Å²) in [6, 6.07) is 19.1. The Morgan fingerprint density at radius 1 is 1.12 bits per heavy atom. The summed E-state index contributed by atoms with van der Waals surface area (Å²) in [6.45, 7) is 6.16. The highest BCUT2D eigenvalue weighted by molar-refractivity contribution is 7.80. The second kappa shape index (κ2) is 9.04. The lowest BCUT2D eigenvalue weighted by molar-refractivity contribution is 0.0961. The van der Waals surface area contributed by atoms with Crippen molar-refractivity contribution in [3.8, 4) is 0 Å². The number of nitrogens with zero attached hydrogens (tertiary/aromatic N) is 3. The SMILES string of the molecule is CC(C)c1ccc(N2C(=S)N[C@H](c3ccccn3)[C@@H]2c2cccn2C[C@H]2CCCO2)cc1. The van der Waals surface area contributed by atoms with Crippen LogP contribution < -0.4 is 10.2 Å². The van der Waals surface area contributed by atoms with Crippen molar-refractivity contribution in [2.45, 2.75) is 57.3 Å². The molecule has 2 fully saturated rings. The maximum Gasteiger partial charge on any atom is 0.174 e. The molecule has 5 nitrogen and oxygen atoms in total. The van der Waals surface area contributed by atoms with Crippen LogP contribution >= 0.6 is 12.2 Å². The second-order valence-corrected chi connectivity index (χ2v) is 9.35. The zero-order chi connectivity index (χ0) is 22.1. The van der Waals surface area contributed by atoms with Crippen LogP contribution in [0.1, 0.15) is 61.6 Å². The summed E-state index contributed by atoms with van der Waals surface area (Å²) in [7, 11) is 0. The summed E-state index contributed by atoms with van der Waals surface area (Å²) in [6.07, 6.45) is 6.54. The van der Waals surface area contributed by atoms with E-state index in [0.29, 0.717) is 5.92 Å². The van der Waals surface area contributed by atoms with E-state index in [4.69, 9.17) is 17.0 Å². The van der Waals surface area contributed by atoms with E-state index in [1.165, 1.54) is 11.3 Å². The lowest BCUT2D eigenvalue weighted by atomic mass is 9.99. The minimum absolute atomic E-state index is 0.00120. The van der Waals surface area contributed by atoms with Gasteiger partial charge in [0.2, 0.25) is 0 Å². The van der Waals surface area contributed by atoms with E-state index < -0.39 is 0 Å². The molecule has 166 valence electrons. The Bertz CT molecular complexity index is 1060. The highest BCUT2D eigenvalue weighted by Crippen LogP contribution is 2.42. The standard InChI is InChI=1S/C26H30N4OS/c1-18(2)19-10-12-20(13-11-19)30-25(24(28-26(30)32)22-8-3-4-14-27-22)23-9-5-15-29(23)17-21-7-6-16-31-21/h3-5,8-15,18,21,24-25H,6-7,16-17H2,1-2H3,(H,28,32)/t21-,24-,25+/m1/s1. The van der Waals surface area contributed by atoms with Gasteiger partial charge in [0, 0.05) is 36.9 Å². The number of benzene rings is 1. The molecule has 0 aliphatic carbocycles. The second-order valence-electron chi connectivity index (χ2n) is 8.96. The molecule has 0 saturated carbocycles. The van der Waals surface area contributed by atoms with Crippen molar-refractivity contribution in [2.24, 2.45) is 0 Å². The van der Waals surface area contributed by atoms with Crippen molar-refractivity contribution in [2.75, 3.05) is 11.5 Å². The number of hydrogen-bond acceptors (Lipinski definition) is 3. The number of hydrogen-bond donors (Lipinski definition) is 1. The van der Waals surface area contributed by atoms with Crippen LogP contribution in [0.4, 0.5) is 5.69 Å². The topological polar surface area (TPSA) is 42.3 Å². The fourth-order valence-electron chi connectivity index (χ4n) is 4.82. The lowest BCUT2D eigenvalue weighted by Gasteiger charge is -2.29. The molecule has 2 saturated heterocycles. The van der Waals surface area contributed by atoms with E-state index in [1.54, 1.807) is 0 Å². The molecule has 32 heavy (non-hydrogen) atoms. The minimum Gasteiger partial charge on any atom is -0.376 e. The smallest absolute Gasteiger partial charge is 0.174 e. The first-order valence-electron chi connectivity index (χ1n) is 11.5. The molecule has 4 heterocycles. The van der Waals surface area contributed by atoms with Gasteiger partial charge in [0.25, 0.3) is 0 Å². The van der Waals surface area contributed by atoms with Gasteiger partial charge in [-0.2, -0.15) is 0 Å². The number of rotatable bonds is 6. The van der Waals surface area contributed by atoms with Gasteiger partial charge in [-0.1, -0.05) is 32.0 Å². The van der Waals surface area contributed by atoms with E-state index in [-0.39, 0.29) is 18.2 Å². The number of aromatic nitrogens is 2. The van der Waals surface area contributed by atoms with Crippen LogP contribution in [0.3, 0.4) is 0 Å². The van der Waals surface area contributed by atoms with Crippen LogP contribution in [-0.2, 0) is 11.3 Å². The molecule has 1 N–H and O–H groups in total. The summed E-state index contributed by atoms with van der Waals surface area (Å²) >= 11 is 5.87. The molecule has 0 radical (unpaired) electrons. The van der Waals surface area contributed by atoms with Gasteiger partial charge in [-0.25, -0.2) is 0 Å². The van der Waals surface area contributed by atoms with Gasteiger partial charge in [-0.05, 0) is 72.9 Å². The van der Waals surface area contributed by atoms with E-state index in [1.807, 2.05) is 18.3 Å². The van der Waals surface area contributed by atoms with Crippen LogP contribution in [0.5, 0.6) is 0 Å². The fraction of sp³-hybridized carbons (Fsp3) is 0.385. The molecule has 5 rings (SSSR count). The molecule has 0 spiro atoms. The molecule has 2 aromatic heterocycles. The van der Waals surface area contributed by atoms with Gasteiger partial charge >= 0.3 is 0 Å². The first kappa shape index (κ1) is 21.2. The normalized spacial score (nSPS) is 23.2. The predicted molar refractivity (Wildman–Crippen MR) is 132 cm³/mol. The molecule has 0 amide bonds. The largest absolute Gasteiger partial charge is 0.376 e. The Kier molecular flexibility index (Phi) is 5.98. The number of pyridine rings is 1. The van der Waals surface area contributed by atoms with Crippen LogP contribution in [0.15, 0.2) is 67.0 Å². The zero-order valence-corrected chi connectivity index (χ0v) is 19.5. The Labute approximate surface area is 195 Å². The summed E-state index contributed by atoms with van der Waals surface area (Å²) in [5.74, 6) is 0.494. The highest BCUT2D eigenvalue weighted by Gasteiger charge is 2.42. The molecular formula is C26H30N4OS. The first-order valence-corrected chi connectivity index (χ1v) is 11.9. The summed E-state index contributed by atoms with van der Waals surface area (Å²) in [5.41, 5.74) is 4.63. The summed E-state index contributed by atoms with van der Waals surface area (Å²) < 4.78 is 8.27.